The third-order valence-electron chi connectivity index (χ3n) is 2.87. The van der Waals surface area contributed by atoms with Gasteiger partial charge in [0.05, 0.1) is 6.04 Å². The third kappa shape index (κ3) is 2.15. The van der Waals surface area contributed by atoms with Crippen LogP contribution >= 0.6 is 11.3 Å². The minimum Gasteiger partial charge on any atom is -0.305 e. The Morgan fingerprint density at radius 3 is 2.79 bits per heavy atom. The molecule has 1 aromatic heterocycles. The van der Waals surface area contributed by atoms with Crippen LogP contribution in [0.3, 0.4) is 0 Å². The van der Waals surface area contributed by atoms with E-state index in [1.165, 1.54) is 17.8 Å². The summed E-state index contributed by atoms with van der Waals surface area (Å²) < 4.78 is 0. The molecule has 1 aromatic rings. The van der Waals surface area contributed by atoms with E-state index in [9.17, 15) is 0 Å². The standard InChI is InChI=1S/C11H18N2S/c1-7-4-10(5-7)13-9(3)11-12-8(2)6-14-11/h6-7,9-10,13H,4-5H2,1-3H3. The van der Waals surface area contributed by atoms with E-state index in [1.54, 1.807) is 11.3 Å². The second-order valence-corrected chi connectivity index (χ2v) is 5.38. The first-order valence-corrected chi connectivity index (χ1v) is 6.21. The quantitative estimate of drug-likeness (QED) is 0.829. The molecule has 1 heterocycles. The van der Waals surface area contributed by atoms with Gasteiger partial charge >= 0.3 is 0 Å². The van der Waals surface area contributed by atoms with Gasteiger partial charge in [0.2, 0.25) is 0 Å². The van der Waals surface area contributed by atoms with Gasteiger partial charge in [-0.3, -0.25) is 0 Å². The van der Waals surface area contributed by atoms with E-state index in [-0.39, 0.29) is 0 Å². The lowest BCUT2D eigenvalue weighted by molar-refractivity contribution is 0.226. The molecule has 0 amide bonds. The van der Waals surface area contributed by atoms with E-state index >= 15 is 0 Å². The fraction of sp³-hybridized carbons (Fsp3) is 0.727. The van der Waals surface area contributed by atoms with Crippen molar-refractivity contribution < 1.29 is 0 Å². The summed E-state index contributed by atoms with van der Waals surface area (Å²) in [6.45, 7) is 6.58. The molecule has 1 atom stereocenters. The fourth-order valence-electron chi connectivity index (χ4n) is 2.03. The van der Waals surface area contributed by atoms with Gasteiger partial charge in [0.15, 0.2) is 0 Å². The lowest BCUT2D eigenvalue weighted by Crippen LogP contribution is -2.41. The first kappa shape index (κ1) is 10.1. The van der Waals surface area contributed by atoms with Gasteiger partial charge in [-0.05, 0) is 32.6 Å². The summed E-state index contributed by atoms with van der Waals surface area (Å²) in [7, 11) is 0. The highest BCUT2D eigenvalue weighted by atomic mass is 32.1. The molecule has 3 heteroatoms. The Balaban J connectivity index is 1.86. The Morgan fingerprint density at radius 1 is 1.57 bits per heavy atom. The molecule has 0 saturated heterocycles. The number of hydrogen-bond donors (Lipinski definition) is 1. The number of nitrogens with one attached hydrogen (secondary N) is 1. The SMILES string of the molecule is Cc1csc(C(C)NC2CC(C)C2)n1. The van der Waals surface area contributed by atoms with Crippen molar-refractivity contribution in [2.75, 3.05) is 0 Å². The predicted octanol–water partition coefficient (Wildman–Crippen LogP) is 2.90. The molecule has 1 aliphatic carbocycles. The van der Waals surface area contributed by atoms with Crippen LogP contribution in [0.2, 0.25) is 0 Å². The predicted molar refractivity (Wildman–Crippen MR) is 60.6 cm³/mol. The van der Waals surface area contributed by atoms with Crippen molar-refractivity contribution in [3.63, 3.8) is 0 Å². The normalized spacial score (nSPS) is 28.5. The zero-order valence-corrected chi connectivity index (χ0v) is 9.90. The molecule has 1 saturated carbocycles. The Labute approximate surface area is 89.8 Å². The summed E-state index contributed by atoms with van der Waals surface area (Å²) in [4.78, 5) is 4.50. The summed E-state index contributed by atoms with van der Waals surface area (Å²) >= 11 is 1.76. The van der Waals surface area contributed by atoms with Crippen molar-refractivity contribution in [1.29, 1.82) is 0 Å². The van der Waals surface area contributed by atoms with Gasteiger partial charge in [-0.1, -0.05) is 6.92 Å². The van der Waals surface area contributed by atoms with Crippen LogP contribution in [-0.4, -0.2) is 11.0 Å². The summed E-state index contributed by atoms with van der Waals surface area (Å²) in [6.07, 6.45) is 2.66. The highest BCUT2D eigenvalue weighted by molar-refractivity contribution is 7.09. The zero-order valence-electron chi connectivity index (χ0n) is 9.08. The van der Waals surface area contributed by atoms with E-state index in [4.69, 9.17) is 0 Å². The van der Waals surface area contributed by atoms with Gasteiger partial charge < -0.3 is 5.32 Å². The van der Waals surface area contributed by atoms with Crippen LogP contribution < -0.4 is 5.32 Å². The number of thiazole rings is 1. The molecule has 0 aliphatic heterocycles. The molecular formula is C11H18N2S. The van der Waals surface area contributed by atoms with Crippen molar-refractivity contribution >= 4 is 11.3 Å². The van der Waals surface area contributed by atoms with Crippen molar-refractivity contribution in [2.24, 2.45) is 5.92 Å². The van der Waals surface area contributed by atoms with Gasteiger partial charge in [-0.15, -0.1) is 11.3 Å². The Bertz CT molecular complexity index is 302. The van der Waals surface area contributed by atoms with Crippen LogP contribution in [0.1, 0.15) is 43.4 Å². The smallest absolute Gasteiger partial charge is 0.110 e. The van der Waals surface area contributed by atoms with E-state index in [2.05, 4.69) is 36.5 Å². The largest absolute Gasteiger partial charge is 0.305 e. The molecule has 1 aliphatic rings. The lowest BCUT2D eigenvalue weighted by atomic mass is 9.81. The van der Waals surface area contributed by atoms with Crippen LogP contribution in [0.15, 0.2) is 5.38 Å². The molecule has 2 nitrogen and oxygen atoms in total. The van der Waals surface area contributed by atoms with Crippen molar-refractivity contribution in [3.05, 3.63) is 16.1 Å². The highest BCUT2D eigenvalue weighted by Gasteiger charge is 2.26. The molecule has 0 bridgehead atoms. The van der Waals surface area contributed by atoms with E-state index < -0.39 is 0 Å². The average Bonchev–Trinajstić information content (AvgIpc) is 2.49. The summed E-state index contributed by atoms with van der Waals surface area (Å²) in [6, 6.07) is 1.15. The van der Waals surface area contributed by atoms with Gasteiger partial charge in [0.25, 0.3) is 0 Å². The Hall–Kier alpha value is -0.410. The summed E-state index contributed by atoms with van der Waals surface area (Å²) in [5.74, 6) is 0.915. The molecule has 1 N–H and O–H groups in total. The molecule has 1 fully saturated rings. The topological polar surface area (TPSA) is 24.9 Å². The average molecular weight is 210 g/mol. The van der Waals surface area contributed by atoms with E-state index in [0.29, 0.717) is 6.04 Å². The molecule has 0 radical (unpaired) electrons. The monoisotopic (exact) mass is 210 g/mol. The van der Waals surface area contributed by atoms with Crippen molar-refractivity contribution in [1.82, 2.24) is 10.3 Å². The van der Waals surface area contributed by atoms with Crippen molar-refractivity contribution in [2.45, 2.75) is 45.7 Å². The number of aryl methyl sites for hydroxylation is 1. The summed E-state index contributed by atoms with van der Waals surface area (Å²) in [5, 5.41) is 6.97. The zero-order chi connectivity index (χ0) is 10.1. The number of rotatable bonds is 3. The first-order chi connectivity index (χ1) is 6.65. The molecule has 14 heavy (non-hydrogen) atoms. The molecular weight excluding hydrogens is 192 g/mol. The lowest BCUT2D eigenvalue weighted by Gasteiger charge is -2.35. The highest BCUT2D eigenvalue weighted by Crippen LogP contribution is 2.29. The first-order valence-electron chi connectivity index (χ1n) is 5.33. The van der Waals surface area contributed by atoms with Crippen LogP contribution in [0.5, 0.6) is 0 Å². The second-order valence-electron chi connectivity index (χ2n) is 4.49. The number of hydrogen-bond acceptors (Lipinski definition) is 3. The van der Waals surface area contributed by atoms with Crippen molar-refractivity contribution in [3.8, 4) is 0 Å². The van der Waals surface area contributed by atoms with Crippen LogP contribution in [0.25, 0.3) is 0 Å². The van der Waals surface area contributed by atoms with Crippen LogP contribution in [0.4, 0.5) is 0 Å². The van der Waals surface area contributed by atoms with Gasteiger partial charge in [-0.2, -0.15) is 0 Å². The third-order valence-corrected chi connectivity index (χ3v) is 4.01. The van der Waals surface area contributed by atoms with E-state index in [1.807, 2.05) is 0 Å². The minimum atomic E-state index is 0.422. The van der Waals surface area contributed by atoms with Crippen LogP contribution in [-0.2, 0) is 0 Å². The van der Waals surface area contributed by atoms with Crippen LogP contribution in [0, 0.1) is 12.8 Å². The molecule has 2 rings (SSSR count). The Morgan fingerprint density at radius 2 is 2.29 bits per heavy atom. The maximum atomic E-state index is 4.50. The van der Waals surface area contributed by atoms with Gasteiger partial charge in [0, 0.05) is 17.1 Å². The molecule has 78 valence electrons. The Kier molecular flexibility index (Phi) is 2.88. The maximum absolute atomic E-state index is 4.50. The molecule has 0 spiro atoms. The van der Waals surface area contributed by atoms with E-state index in [0.717, 1.165) is 17.7 Å². The maximum Gasteiger partial charge on any atom is 0.110 e. The fourth-order valence-corrected chi connectivity index (χ4v) is 2.85. The summed E-state index contributed by atoms with van der Waals surface area (Å²) in [5.41, 5.74) is 1.14. The number of aromatic nitrogens is 1. The van der Waals surface area contributed by atoms with Gasteiger partial charge in [-0.25, -0.2) is 4.98 Å². The minimum absolute atomic E-state index is 0.422. The number of nitrogens with zero attached hydrogens (tertiary/aromatic N) is 1. The molecule has 1 unspecified atom stereocenters. The second kappa shape index (κ2) is 3.99. The molecule has 0 aromatic carbocycles. The van der Waals surface area contributed by atoms with Gasteiger partial charge in [0.1, 0.15) is 5.01 Å².